The molecule has 28 heavy (non-hydrogen) atoms. The van der Waals surface area contributed by atoms with Crippen LogP contribution < -0.4 is 10.6 Å². The van der Waals surface area contributed by atoms with Crippen LogP contribution in [-0.2, 0) is 6.54 Å². The van der Waals surface area contributed by atoms with E-state index in [1.807, 2.05) is 12.1 Å². The summed E-state index contributed by atoms with van der Waals surface area (Å²) in [5, 5.41) is 17.6. The second kappa shape index (κ2) is 7.07. The molecule has 1 aromatic heterocycles. The van der Waals surface area contributed by atoms with Crippen molar-refractivity contribution >= 4 is 23.0 Å². The summed E-state index contributed by atoms with van der Waals surface area (Å²) in [7, 11) is 1.63. The van der Waals surface area contributed by atoms with Gasteiger partial charge in [0.2, 0.25) is 0 Å². The van der Waals surface area contributed by atoms with Gasteiger partial charge in [0.25, 0.3) is 11.6 Å². The predicted molar refractivity (Wildman–Crippen MR) is 104 cm³/mol. The van der Waals surface area contributed by atoms with Gasteiger partial charge in [-0.15, -0.1) is 0 Å². The molecule has 1 aliphatic heterocycles. The minimum atomic E-state index is -0.572. The first-order valence-corrected chi connectivity index (χ1v) is 8.73. The zero-order chi connectivity index (χ0) is 19.7. The molecule has 0 radical (unpaired) electrons. The Morgan fingerprint density at radius 2 is 2.04 bits per heavy atom. The van der Waals surface area contributed by atoms with Crippen molar-refractivity contribution in [2.75, 3.05) is 17.7 Å². The van der Waals surface area contributed by atoms with Crippen LogP contribution in [-0.4, -0.2) is 22.8 Å². The van der Waals surface area contributed by atoms with Crippen LogP contribution in [0.25, 0.3) is 0 Å². The van der Waals surface area contributed by atoms with E-state index in [9.17, 15) is 14.9 Å². The second-order valence-corrected chi connectivity index (χ2v) is 6.39. The summed E-state index contributed by atoms with van der Waals surface area (Å²) < 4.78 is 5.42. The number of hydrogen-bond acceptors (Lipinski definition) is 6. The molecular formula is C20H18N4O4. The number of hydrogen-bond donors (Lipinski definition) is 2. The number of carbonyl (C=O) groups excluding carboxylic acids is 1. The van der Waals surface area contributed by atoms with Gasteiger partial charge >= 0.3 is 0 Å². The largest absolute Gasteiger partial charge is 0.467 e. The SMILES string of the molecule is CNc1ccc([C@@H]2Nc3ccccc3C(=O)N2Cc2ccco2)cc1[N+](=O)[O-]. The molecule has 0 saturated heterocycles. The van der Waals surface area contributed by atoms with E-state index in [2.05, 4.69) is 10.6 Å². The number of furan rings is 1. The van der Waals surface area contributed by atoms with E-state index < -0.39 is 11.1 Å². The highest BCUT2D eigenvalue weighted by molar-refractivity contribution is 6.01. The van der Waals surface area contributed by atoms with Gasteiger partial charge in [-0.2, -0.15) is 0 Å². The highest BCUT2D eigenvalue weighted by Gasteiger charge is 2.34. The summed E-state index contributed by atoms with van der Waals surface area (Å²) in [4.78, 5) is 25.8. The smallest absolute Gasteiger partial charge is 0.292 e. The van der Waals surface area contributed by atoms with Crippen LogP contribution in [0.5, 0.6) is 0 Å². The summed E-state index contributed by atoms with van der Waals surface area (Å²) in [6.45, 7) is 0.236. The van der Waals surface area contributed by atoms with E-state index in [4.69, 9.17) is 4.42 Å². The fourth-order valence-electron chi connectivity index (χ4n) is 3.37. The van der Waals surface area contributed by atoms with Gasteiger partial charge < -0.3 is 20.0 Å². The van der Waals surface area contributed by atoms with Crippen molar-refractivity contribution in [3.05, 3.63) is 87.9 Å². The van der Waals surface area contributed by atoms with Gasteiger partial charge in [0.05, 0.1) is 23.3 Å². The van der Waals surface area contributed by atoms with Crippen LogP contribution in [0.15, 0.2) is 65.3 Å². The summed E-state index contributed by atoms with van der Waals surface area (Å²) >= 11 is 0. The van der Waals surface area contributed by atoms with Crippen molar-refractivity contribution < 1.29 is 14.1 Å². The second-order valence-electron chi connectivity index (χ2n) is 6.39. The highest BCUT2D eigenvalue weighted by Crippen LogP contribution is 2.36. The third kappa shape index (κ3) is 3.05. The van der Waals surface area contributed by atoms with Gasteiger partial charge in [0.1, 0.15) is 17.6 Å². The molecule has 1 aliphatic rings. The molecule has 2 N–H and O–H groups in total. The lowest BCUT2D eigenvalue weighted by atomic mass is 10.0. The first-order chi connectivity index (χ1) is 13.6. The van der Waals surface area contributed by atoms with E-state index >= 15 is 0 Å². The van der Waals surface area contributed by atoms with Crippen LogP contribution in [0.3, 0.4) is 0 Å². The molecule has 1 atom stereocenters. The maximum Gasteiger partial charge on any atom is 0.292 e. The number of rotatable bonds is 5. The molecule has 2 aromatic carbocycles. The number of benzene rings is 2. The van der Waals surface area contributed by atoms with Crippen molar-refractivity contribution in [2.45, 2.75) is 12.7 Å². The lowest BCUT2D eigenvalue weighted by Gasteiger charge is -2.37. The number of fused-ring (bicyclic) bond motifs is 1. The maximum absolute atomic E-state index is 13.2. The number of nitrogens with one attached hydrogen (secondary N) is 2. The van der Waals surface area contributed by atoms with E-state index in [1.54, 1.807) is 54.6 Å². The van der Waals surface area contributed by atoms with Crippen molar-refractivity contribution in [1.82, 2.24) is 4.90 Å². The Bertz CT molecular complexity index is 1030. The zero-order valence-corrected chi connectivity index (χ0v) is 15.1. The van der Waals surface area contributed by atoms with Crippen molar-refractivity contribution in [3.63, 3.8) is 0 Å². The molecule has 0 saturated carbocycles. The molecule has 3 aromatic rings. The molecule has 0 fully saturated rings. The van der Waals surface area contributed by atoms with E-state index in [1.165, 1.54) is 6.07 Å². The van der Waals surface area contributed by atoms with Crippen LogP contribution in [0.1, 0.15) is 27.8 Å². The topological polar surface area (TPSA) is 101 Å². The molecule has 0 bridgehead atoms. The highest BCUT2D eigenvalue weighted by atomic mass is 16.6. The fourth-order valence-corrected chi connectivity index (χ4v) is 3.37. The third-order valence-corrected chi connectivity index (χ3v) is 4.73. The third-order valence-electron chi connectivity index (χ3n) is 4.73. The first-order valence-electron chi connectivity index (χ1n) is 8.73. The van der Waals surface area contributed by atoms with E-state index in [-0.39, 0.29) is 18.1 Å². The van der Waals surface area contributed by atoms with Gasteiger partial charge in [0, 0.05) is 24.4 Å². The van der Waals surface area contributed by atoms with E-state index in [0.29, 0.717) is 28.3 Å². The Morgan fingerprint density at radius 3 is 2.75 bits per heavy atom. The lowest BCUT2D eigenvalue weighted by molar-refractivity contribution is -0.384. The molecule has 8 heteroatoms. The van der Waals surface area contributed by atoms with Gasteiger partial charge in [0.15, 0.2) is 0 Å². The number of amides is 1. The Balaban J connectivity index is 1.79. The Hall–Kier alpha value is -3.81. The van der Waals surface area contributed by atoms with Crippen molar-refractivity contribution in [2.24, 2.45) is 0 Å². The van der Waals surface area contributed by atoms with E-state index in [0.717, 1.165) is 0 Å². The maximum atomic E-state index is 13.2. The number of para-hydroxylation sites is 1. The van der Waals surface area contributed by atoms with Gasteiger partial charge in [-0.3, -0.25) is 14.9 Å². The molecule has 2 heterocycles. The monoisotopic (exact) mass is 378 g/mol. The van der Waals surface area contributed by atoms with Crippen LogP contribution in [0.4, 0.5) is 17.1 Å². The zero-order valence-electron chi connectivity index (χ0n) is 15.1. The minimum absolute atomic E-state index is 0.0499. The first kappa shape index (κ1) is 17.6. The number of nitro groups is 1. The normalized spacial score (nSPS) is 15.7. The predicted octanol–water partition coefficient (Wildman–Crippen LogP) is 4.00. The minimum Gasteiger partial charge on any atom is -0.467 e. The Labute approximate surface area is 160 Å². The Morgan fingerprint density at radius 1 is 1.21 bits per heavy atom. The molecule has 142 valence electrons. The van der Waals surface area contributed by atoms with Crippen LogP contribution in [0, 0.1) is 10.1 Å². The van der Waals surface area contributed by atoms with Crippen LogP contribution in [0.2, 0.25) is 0 Å². The molecule has 4 rings (SSSR count). The molecule has 0 unspecified atom stereocenters. The molecular weight excluding hydrogens is 360 g/mol. The van der Waals surface area contributed by atoms with Crippen LogP contribution >= 0.6 is 0 Å². The molecule has 8 nitrogen and oxygen atoms in total. The van der Waals surface area contributed by atoms with Gasteiger partial charge in [-0.25, -0.2) is 0 Å². The van der Waals surface area contributed by atoms with Gasteiger partial charge in [-0.05, 0) is 30.3 Å². The van der Waals surface area contributed by atoms with Gasteiger partial charge in [-0.1, -0.05) is 18.2 Å². The van der Waals surface area contributed by atoms with Crippen molar-refractivity contribution in [1.29, 1.82) is 0 Å². The Kier molecular flexibility index (Phi) is 4.44. The lowest BCUT2D eigenvalue weighted by Crippen LogP contribution is -2.42. The summed E-state index contributed by atoms with van der Waals surface area (Å²) in [5.41, 5.74) is 2.21. The molecule has 1 amide bonds. The summed E-state index contributed by atoms with van der Waals surface area (Å²) in [6.07, 6.45) is 0.976. The standard InChI is InChI=1S/C20H18N4O4/c1-21-17-9-8-13(11-18(17)24(26)27)19-22-16-7-3-2-6-15(16)20(25)23(19)12-14-5-4-10-28-14/h2-11,19,21-22H,12H2,1H3/t19-/m1/s1. The number of carbonyl (C=O) groups is 1. The number of nitrogens with zero attached hydrogens (tertiary/aromatic N) is 2. The quantitative estimate of drug-likeness (QED) is 0.514. The summed E-state index contributed by atoms with van der Waals surface area (Å²) in [5.74, 6) is 0.456. The van der Waals surface area contributed by atoms with Crippen molar-refractivity contribution in [3.8, 4) is 0 Å². The molecule has 0 aliphatic carbocycles. The summed E-state index contributed by atoms with van der Waals surface area (Å²) in [6, 6.07) is 15.7. The fraction of sp³-hybridized carbons (Fsp3) is 0.150. The average Bonchev–Trinajstić information content (AvgIpc) is 3.22. The average molecular weight is 378 g/mol. The molecule has 0 spiro atoms. The number of nitro benzene ring substituents is 1. The number of anilines is 2.